The van der Waals surface area contributed by atoms with Crippen LogP contribution in [0.5, 0.6) is 0 Å². The summed E-state index contributed by atoms with van der Waals surface area (Å²) in [6.07, 6.45) is 1.07. The number of carbonyl (C=O) groups is 1. The molecule has 1 aromatic rings. The van der Waals surface area contributed by atoms with Gasteiger partial charge < -0.3 is 5.32 Å². The SMILES string of the molecule is Cc1ccc(N(CC(=O)N[C@@H](C)C(C)C)S(C)(=O)=O)cc1Cl. The van der Waals surface area contributed by atoms with Crippen LogP contribution in [0.15, 0.2) is 18.2 Å². The molecule has 0 saturated carbocycles. The van der Waals surface area contributed by atoms with Gasteiger partial charge in [0.25, 0.3) is 0 Å². The molecule has 0 radical (unpaired) electrons. The Morgan fingerprint density at radius 2 is 1.91 bits per heavy atom. The molecule has 1 amide bonds. The van der Waals surface area contributed by atoms with E-state index < -0.39 is 10.0 Å². The lowest BCUT2D eigenvalue weighted by Gasteiger charge is -2.24. The number of amides is 1. The summed E-state index contributed by atoms with van der Waals surface area (Å²) in [6, 6.07) is 4.89. The predicted molar refractivity (Wildman–Crippen MR) is 90.8 cm³/mol. The smallest absolute Gasteiger partial charge is 0.240 e. The van der Waals surface area contributed by atoms with Crippen molar-refractivity contribution in [3.8, 4) is 0 Å². The maximum Gasteiger partial charge on any atom is 0.240 e. The van der Waals surface area contributed by atoms with Crippen molar-refractivity contribution >= 4 is 33.2 Å². The lowest BCUT2D eigenvalue weighted by Crippen LogP contribution is -2.44. The average Bonchev–Trinajstić information content (AvgIpc) is 2.38. The molecule has 0 saturated heterocycles. The second kappa shape index (κ2) is 7.33. The number of nitrogens with zero attached hydrogens (tertiary/aromatic N) is 1. The van der Waals surface area contributed by atoms with Crippen molar-refractivity contribution < 1.29 is 13.2 Å². The highest BCUT2D eigenvalue weighted by molar-refractivity contribution is 7.92. The van der Waals surface area contributed by atoms with Crippen molar-refractivity contribution in [1.82, 2.24) is 5.32 Å². The number of anilines is 1. The van der Waals surface area contributed by atoms with E-state index in [-0.39, 0.29) is 24.4 Å². The molecule has 0 aromatic heterocycles. The summed E-state index contributed by atoms with van der Waals surface area (Å²) in [6.45, 7) is 7.41. The highest BCUT2D eigenvalue weighted by Gasteiger charge is 2.22. The summed E-state index contributed by atoms with van der Waals surface area (Å²) in [7, 11) is -3.58. The number of halogens is 1. The Kier molecular flexibility index (Phi) is 6.26. The average molecular weight is 347 g/mol. The van der Waals surface area contributed by atoms with Gasteiger partial charge in [-0.1, -0.05) is 31.5 Å². The van der Waals surface area contributed by atoms with Crippen LogP contribution in [0, 0.1) is 12.8 Å². The summed E-state index contributed by atoms with van der Waals surface area (Å²) >= 11 is 6.05. The fourth-order valence-electron chi connectivity index (χ4n) is 1.73. The van der Waals surface area contributed by atoms with E-state index in [0.717, 1.165) is 16.1 Å². The lowest BCUT2D eigenvalue weighted by atomic mass is 10.1. The molecule has 7 heteroatoms. The quantitative estimate of drug-likeness (QED) is 0.860. The lowest BCUT2D eigenvalue weighted by molar-refractivity contribution is -0.120. The van der Waals surface area contributed by atoms with Crippen molar-refractivity contribution in [2.75, 3.05) is 17.1 Å². The normalized spacial score (nSPS) is 13.0. The first-order valence-corrected chi connectivity index (χ1v) is 9.28. The van der Waals surface area contributed by atoms with Gasteiger partial charge >= 0.3 is 0 Å². The van der Waals surface area contributed by atoms with Crippen LogP contribution in [0.1, 0.15) is 26.3 Å². The highest BCUT2D eigenvalue weighted by atomic mass is 35.5. The van der Waals surface area contributed by atoms with E-state index >= 15 is 0 Å². The Hall–Kier alpha value is -1.27. The van der Waals surface area contributed by atoms with Crippen LogP contribution in [0.3, 0.4) is 0 Å². The molecular weight excluding hydrogens is 324 g/mol. The molecular formula is C15H23ClN2O3S. The number of rotatable bonds is 6. The molecule has 0 unspecified atom stereocenters. The molecule has 0 spiro atoms. The van der Waals surface area contributed by atoms with E-state index in [0.29, 0.717) is 10.7 Å². The summed E-state index contributed by atoms with van der Waals surface area (Å²) in [5, 5.41) is 3.26. The monoisotopic (exact) mass is 346 g/mol. The van der Waals surface area contributed by atoms with Gasteiger partial charge in [-0.3, -0.25) is 9.10 Å². The molecule has 1 atom stereocenters. The van der Waals surface area contributed by atoms with Crippen LogP contribution in [-0.2, 0) is 14.8 Å². The van der Waals surface area contributed by atoms with Gasteiger partial charge in [-0.2, -0.15) is 0 Å². The number of sulfonamides is 1. The van der Waals surface area contributed by atoms with E-state index in [1.165, 1.54) is 0 Å². The second-order valence-electron chi connectivity index (χ2n) is 5.80. The van der Waals surface area contributed by atoms with Gasteiger partial charge in [-0.05, 0) is 37.5 Å². The molecule has 1 aromatic carbocycles. The van der Waals surface area contributed by atoms with Gasteiger partial charge in [0, 0.05) is 11.1 Å². The molecule has 0 aliphatic rings. The highest BCUT2D eigenvalue weighted by Crippen LogP contribution is 2.24. The van der Waals surface area contributed by atoms with Crippen LogP contribution < -0.4 is 9.62 Å². The molecule has 0 fully saturated rings. The van der Waals surface area contributed by atoms with Crippen LogP contribution in [0.4, 0.5) is 5.69 Å². The Labute approximate surface area is 137 Å². The van der Waals surface area contributed by atoms with Crippen LogP contribution in [-0.4, -0.2) is 33.2 Å². The number of hydrogen-bond donors (Lipinski definition) is 1. The summed E-state index contributed by atoms with van der Waals surface area (Å²) in [5.74, 6) is -0.0761. The zero-order chi connectivity index (χ0) is 17.1. The van der Waals surface area contributed by atoms with Gasteiger partial charge in [-0.15, -0.1) is 0 Å². The third kappa shape index (κ3) is 5.18. The number of hydrogen-bond acceptors (Lipinski definition) is 3. The third-order valence-electron chi connectivity index (χ3n) is 3.52. The molecule has 1 rings (SSSR count). The van der Waals surface area contributed by atoms with Gasteiger partial charge in [0.15, 0.2) is 0 Å². The van der Waals surface area contributed by atoms with Crippen molar-refractivity contribution in [1.29, 1.82) is 0 Å². The molecule has 1 N–H and O–H groups in total. The predicted octanol–water partition coefficient (Wildman–Crippen LogP) is 2.58. The molecule has 124 valence electrons. The number of carbonyl (C=O) groups excluding carboxylic acids is 1. The molecule has 0 heterocycles. The van der Waals surface area contributed by atoms with E-state index in [9.17, 15) is 13.2 Å². The van der Waals surface area contributed by atoms with E-state index in [2.05, 4.69) is 5.32 Å². The number of aryl methyl sites for hydroxylation is 1. The van der Waals surface area contributed by atoms with Gasteiger partial charge in [0.05, 0.1) is 11.9 Å². The van der Waals surface area contributed by atoms with Crippen LogP contribution in [0.25, 0.3) is 0 Å². The fourth-order valence-corrected chi connectivity index (χ4v) is 2.76. The van der Waals surface area contributed by atoms with E-state index in [4.69, 9.17) is 11.6 Å². The first-order chi connectivity index (χ1) is 10.0. The van der Waals surface area contributed by atoms with Crippen LogP contribution >= 0.6 is 11.6 Å². The molecule has 22 heavy (non-hydrogen) atoms. The number of benzene rings is 1. The van der Waals surface area contributed by atoms with Crippen molar-refractivity contribution in [2.24, 2.45) is 5.92 Å². The summed E-state index contributed by atoms with van der Waals surface area (Å²) in [4.78, 5) is 12.1. The summed E-state index contributed by atoms with van der Waals surface area (Å²) in [5.41, 5.74) is 1.22. The molecule has 0 aliphatic carbocycles. The van der Waals surface area contributed by atoms with Gasteiger partial charge in [0.1, 0.15) is 6.54 Å². The Bertz CT molecular complexity index is 644. The molecule has 0 aliphatic heterocycles. The van der Waals surface area contributed by atoms with Crippen molar-refractivity contribution in [3.63, 3.8) is 0 Å². The standard InChI is InChI=1S/C15H23ClN2O3S/c1-10(2)12(4)17-15(19)9-18(22(5,20)21)13-7-6-11(3)14(16)8-13/h6-8,10,12H,9H2,1-5H3,(H,17,19)/t12-/m0/s1. The third-order valence-corrected chi connectivity index (χ3v) is 5.07. The first-order valence-electron chi connectivity index (χ1n) is 7.05. The largest absolute Gasteiger partial charge is 0.352 e. The zero-order valence-electron chi connectivity index (χ0n) is 13.6. The van der Waals surface area contributed by atoms with Gasteiger partial charge in [0.2, 0.25) is 15.9 Å². The zero-order valence-corrected chi connectivity index (χ0v) is 15.1. The minimum absolute atomic E-state index is 0.0319. The minimum atomic E-state index is -3.58. The maximum atomic E-state index is 12.1. The molecule has 0 bridgehead atoms. The first kappa shape index (κ1) is 18.8. The Morgan fingerprint density at radius 1 is 1.32 bits per heavy atom. The fraction of sp³-hybridized carbons (Fsp3) is 0.533. The Morgan fingerprint density at radius 3 is 2.36 bits per heavy atom. The maximum absolute atomic E-state index is 12.1. The van der Waals surface area contributed by atoms with E-state index in [1.807, 2.05) is 27.7 Å². The number of nitrogens with one attached hydrogen (secondary N) is 1. The van der Waals surface area contributed by atoms with Crippen molar-refractivity contribution in [3.05, 3.63) is 28.8 Å². The molecule has 5 nitrogen and oxygen atoms in total. The van der Waals surface area contributed by atoms with Crippen molar-refractivity contribution in [2.45, 2.75) is 33.7 Å². The summed E-state index contributed by atoms with van der Waals surface area (Å²) < 4.78 is 25.0. The Balaban J connectivity index is 3.00. The van der Waals surface area contributed by atoms with Crippen LogP contribution in [0.2, 0.25) is 5.02 Å². The topological polar surface area (TPSA) is 66.5 Å². The minimum Gasteiger partial charge on any atom is -0.352 e. The van der Waals surface area contributed by atoms with E-state index in [1.54, 1.807) is 18.2 Å². The van der Waals surface area contributed by atoms with Gasteiger partial charge in [-0.25, -0.2) is 8.42 Å². The second-order valence-corrected chi connectivity index (χ2v) is 8.12.